The van der Waals surface area contributed by atoms with Crippen LogP contribution in [-0.2, 0) is 0 Å². The van der Waals surface area contributed by atoms with Gasteiger partial charge >= 0.3 is 0 Å². The summed E-state index contributed by atoms with van der Waals surface area (Å²) in [6, 6.07) is 22.7. The molecule has 0 radical (unpaired) electrons. The zero-order chi connectivity index (χ0) is 20.4. The molecule has 0 bridgehead atoms. The Bertz CT molecular complexity index is 1200. The van der Waals surface area contributed by atoms with Gasteiger partial charge in [-0.2, -0.15) is 0 Å². The Kier molecular flexibility index (Phi) is 5.19. The van der Waals surface area contributed by atoms with Crippen LogP contribution in [0.2, 0.25) is 5.02 Å². The minimum absolute atomic E-state index is 0.249. The molecule has 144 valence electrons. The van der Waals surface area contributed by atoms with Gasteiger partial charge in [0.2, 0.25) is 0 Å². The standard InChI is InChI=1S/C24H19ClN2O2/c1-15-9-3-5-11-17(15)22-21(19-13-7-8-14-20(19)25)23(27-29-22)26-24(28)18-12-6-4-10-16(18)2/h3-14H,1-2H3,(H,26,27,28). The molecule has 1 aromatic heterocycles. The van der Waals surface area contributed by atoms with Crippen LogP contribution in [-0.4, -0.2) is 11.1 Å². The van der Waals surface area contributed by atoms with Gasteiger partial charge in [0.05, 0.1) is 5.56 Å². The summed E-state index contributed by atoms with van der Waals surface area (Å²) in [6.07, 6.45) is 0. The van der Waals surface area contributed by atoms with E-state index in [2.05, 4.69) is 10.5 Å². The van der Waals surface area contributed by atoms with Crippen molar-refractivity contribution in [3.63, 3.8) is 0 Å². The van der Waals surface area contributed by atoms with Gasteiger partial charge in [-0.1, -0.05) is 77.4 Å². The number of halogens is 1. The van der Waals surface area contributed by atoms with Crippen molar-refractivity contribution in [2.24, 2.45) is 0 Å². The number of carbonyl (C=O) groups is 1. The number of benzene rings is 3. The first-order valence-corrected chi connectivity index (χ1v) is 9.61. The molecule has 4 nitrogen and oxygen atoms in total. The lowest BCUT2D eigenvalue weighted by Crippen LogP contribution is -2.14. The van der Waals surface area contributed by atoms with Crippen molar-refractivity contribution < 1.29 is 9.32 Å². The van der Waals surface area contributed by atoms with Gasteiger partial charge in [0.1, 0.15) is 0 Å². The Hall–Kier alpha value is -3.37. The van der Waals surface area contributed by atoms with Crippen molar-refractivity contribution in [3.05, 3.63) is 94.5 Å². The summed E-state index contributed by atoms with van der Waals surface area (Å²) >= 11 is 6.48. The van der Waals surface area contributed by atoms with Crippen LogP contribution >= 0.6 is 11.6 Å². The van der Waals surface area contributed by atoms with Crippen LogP contribution in [0, 0.1) is 13.8 Å². The van der Waals surface area contributed by atoms with Gasteiger partial charge in [-0.3, -0.25) is 4.79 Å². The zero-order valence-electron chi connectivity index (χ0n) is 16.1. The summed E-state index contributed by atoms with van der Waals surface area (Å²) in [4.78, 5) is 12.9. The lowest BCUT2D eigenvalue weighted by Gasteiger charge is -2.10. The molecular weight excluding hydrogens is 384 g/mol. The molecule has 0 aliphatic rings. The normalized spacial score (nSPS) is 10.7. The first-order chi connectivity index (χ1) is 14.1. The quantitative estimate of drug-likeness (QED) is 0.422. The van der Waals surface area contributed by atoms with Gasteiger partial charge < -0.3 is 9.84 Å². The van der Waals surface area contributed by atoms with Crippen LogP contribution in [0.5, 0.6) is 0 Å². The Balaban J connectivity index is 1.85. The highest BCUT2D eigenvalue weighted by Gasteiger charge is 2.24. The summed E-state index contributed by atoms with van der Waals surface area (Å²) in [5.74, 6) is 0.655. The molecule has 0 fully saturated rings. The van der Waals surface area contributed by atoms with E-state index < -0.39 is 0 Å². The summed E-state index contributed by atoms with van der Waals surface area (Å²) in [6.45, 7) is 3.89. The van der Waals surface area contributed by atoms with Crippen LogP contribution < -0.4 is 5.32 Å². The number of amides is 1. The highest BCUT2D eigenvalue weighted by atomic mass is 35.5. The molecule has 0 saturated carbocycles. The number of hydrogen-bond acceptors (Lipinski definition) is 3. The molecule has 5 heteroatoms. The highest BCUT2D eigenvalue weighted by molar-refractivity contribution is 6.33. The lowest BCUT2D eigenvalue weighted by atomic mass is 9.98. The number of aromatic nitrogens is 1. The highest BCUT2D eigenvalue weighted by Crippen LogP contribution is 2.42. The lowest BCUT2D eigenvalue weighted by molar-refractivity contribution is 0.102. The van der Waals surface area contributed by atoms with Gasteiger partial charge in [0.15, 0.2) is 11.6 Å². The van der Waals surface area contributed by atoms with E-state index in [-0.39, 0.29) is 5.91 Å². The van der Waals surface area contributed by atoms with Crippen LogP contribution in [0.4, 0.5) is 5.82 Å². The Morgan fingerprint density at radius 2 is 1.48 bits per heavy atom. The van der Waals surface area contributed by atoms with Gasteiger partial charge in [0, 0.05) is 21.7 Å². The minimum Gasteiger partial charge on any atom is -0.353 e. The molecule has 1 N–H and O–H groups in total. The van der Waals surface area contributed by atoms with E-state index >= 15 is 0 Å². The predicted molar refractivity (Wildman–Crippen MR) is 116 cm³/mol. The maximum atomic E-state index is 12.9. The SMILES string of the molecule is Cc1ccccc1C(=O)Nc1noc(-c2ccccc2C)c1-c1ccccc1Cl. The van der Waals surface area contributed by atoms with Crippen molar-refractivity contribution in [3.8, 4) is 22.5 Å². The number of rotatable bonds is 4. The van der Waals surface area contributed by atoms with Crippen molar-refractivity contribution in [1.82, 2.24) is 5.16 Å². The van der Waals surface area contributed by atoms with Crippen LogP contribution in [0.3, 0.4) is 0 Å². The van der Waals surface area contributed by atoms with Crippen LogP contribution in [0.1, 0.15) is 21.5 Å². The minimum atomic E-state index is -0.249. The molecule has 0 spiro atoms. The molecule has 29 heavy (non-hydrogen) atoms. The van der Waals surface area contributed by atoms with E-state index in [1.54, 1.807) is 12.1 Å². The maximum absolute atomic E-state index is 12.9. The van der Waals surface area contributed by atoms with Crippen LogP contribution in [0.25, 0.3) is 22.5 Å². The molecule has 4 aromatic rings. The molecule has 1 heterocycles. The van der Waals surface area contributed by atoms with E-state index in [0.717, 1.165) is 22.3 Å². The van der Waals surface area contributed by atoms with Gasteiger partial charge in [-0.25, -0.2) is 0 Å². The Labute approximate surface area is 174 Å². The Morgan fingerprint density at radius 3 is 2.17 bits per heavy atom. The fourth-order valence-electron chi connectivity index (χ4n) is 3.30. The molecule has 0 atom stereocenters. The molecule has 4 rings (SSSR count). The van der Waals surface area contributed by atoms with E-state index in [9.17, 15) is 4.79 Å². The third-order valence-electron chi connectivity index (χ3n) is 4.85. The molecule has 0 unspecified atom stereocenters. The van der Waals surface area contributed by atoms with Crippen LogP contribution in [0.15, 0.2) is 77.3 Å². The topological polar surface area (TPSA) is 55.1 Å². The second kappa shape index (κ2) is 7.94. The fraction of sp³-hybridized carbons (Fsp3) is 0.0833. The third-order valence-corrected chi connectivity index (χ3v) is 5.18. The molecular formula is C24H19ClN2O2. The van der Waals surface area contributed by atoms with Crippen molar-refractivity contribution in [1.29, 1.82) is 0 Å². The number of anilines is 1. The summed E-state index contributed by atoms with van der Waals surface area (Å²) in [7, 11) is 0. The van der Waals surface area contributed by atoms with Gasteiger partial charge in [-0.05, 0) is 37.1 Å². The summed E-state index contributed by atoms with van der Waals surface area (Å²) in [5.41, 5.74) is 4.80. The molecule has 1 amide bonds. The fourth-order valence-corrected chi connectivity index (χ4v) is 3.53. The van der Waals surface area contributed by atoms with Crippen molar-refractivity contribution in [2.45, 2.75) is 13.8 Å². The van der Waals surface area contributed by atoms with Crippen molar-refractivity contribution >= 4 is 23.3 Å². The largest absolute Gasteiger partial charge is 0.353 e. The molecule has 0 aliphatic heterocycles. The second-order valence-corrected chi connectivity index (χ2v) is 7.21. The average molecular weight is 403 g/mol. The number of nitrogens with one attached hydrogen (secondary N) is 1. The zero-order valence-corrected chi connectivity index (χ0v) is 16.8. The second-order valence-electron chi connectivity index (χ2n) is 6.80. The van der Waals surface area contributed by atoms with E-state index in [0.29, 0.717) is 27.7 Å². The molecule has 0 saturated heterocycles. The monoisotopic (exact) mass is 402 g/mol. The summed E-state index contributed by atoms with van der Waals surface area (Å²) < 4.78 is 5.72. The van der Waals surface area contributed by atoms with E-state index in [1.165, 1.54) is 0 Å². The number of hydrogen-bond donors (Lipinski definition) is 1. The first-order valence-electron chi connectivity index (χ1n) is 9.24. The van der Waals surface area contributed by atoms with Gasteiger partial charge in [-0.15, -0.1) is 0 Å². The smallest absolute Gasteiger partial charge is 0.257 e. The molecule has 3 aromatic carbocycles. The number of aryl methyl sites for hydroxylation is 2. The third kappa shape index (κ3) is 3.67. The van der Waals surface area contributed by atoms with E-state index in [1.807, 2.05) is 74.5 Å². The Morgan fingerprint density at radius 1 is 0.862 bits per heavy atom. The van der Waals surface area contributed by atoms with E-state index in [4.69, 9.17) is 16.1 Å². The predicted octanol–water partition coefficient (Wildman–Crippen LogP) is 6.53. The van der Waals surface area contributed by atoms with Gasteiger partial charge in [0.25, 0.3) is 5.91 Å². The van der Waals surface area contributed by atoms with Crippen molar-refractivity contribution in [2.75, 3.05) is 5.32 Å². The average Bonchev–Trinajstić information content (AvgIpc) is 3.12. The summed E-state index contributed by atoms with van der Waals surface area (Å²) in [5, 5.41) is 7.63. The number of nitrogens with zero attached hydrogens (tertiary/aromatic N) is 1. The number of carbonyl (C=O) groups excluding carboxylic acids is 1. The maximum Gasteiger partial charge on any atom is 0.257 e. The first kappa shape index (κ1) is 19.0. The molecule has 0 aliphatic carbocycles.